The van der Waals surface area contributed by atoms with Gasteiger partial charge < -0.3 is 10.4 Å². The summed E-state index contributed by atoms with van der Waals surface area (Å²) in [5.74, 6) is -1.83. The molecule has 1 aliphatic rings. The molecule has 2 N–H and O–H groups in total. The van der Waals surface area contributed by atoms with E-state index in [0.29, 0.717) is 6.42 Å². The van der Waals surface area contributed by atoms with Crippen molar-refractivity contribution in [3.05, 3.63) is 28.3 Å². The summed E-state index contributed by atoms with van der Waals surface area (Å²) in [4.78, 5) is 0. The minimum Gasteiger partial charge on any atom is -0.506 e. The molecule has 0 atom stereocenters. The maximum Gasteiger partial charge on any atom is 0.151 e. The summed E-state index contributed by atoms with van der Waals surface area (Å²) in [6.45, 7) is 1.75. The van der Waals surface area contributed by atoms with Crippen LogP contribution in [0.3, 0.4) is 0 Å². The predicted octanol–water partition coefficient (Wildman–Crippen LogP) is 2.87. The molecule has 0 radical (unpaired) electrons. The monoisotopic (exact) mass is 261 g/mol. The third-order valence-corrected chi connectivity index (χ3v) is 3.55. The van der Waals surface area contributed by atoms with Crippen LogP contribution in [-0.4, -0.2) is 18.2 Å². The molecule has 0 spiro atoms. The number of hydrogen-bond donors (Lipinski definition) is 2. The van der Waals surface area contributed by atoms with Gasteiger partial charge in [-0.2, -0.15) is 0 Å². The number of aromatic hydroxyl groups is 1. The second-order valence-electron chi connectivity index (χ2n) is 4.38. The van der Waals surface area contributed by atoms with Gasteiger partial charge in [0.2, 0.25) is 0 Å². The van der Waals surface area contributed by atoms with Gasteiger partial charge in [0.25, 0.3) is 0 Å². The van der Waals surface area contributed by atoms with Crippen LogP contribution in [0.2, 0.25) is 5.02 Å². The second-order valence-corrected chi connectivity index (χ2v) is 4.76. The van der Waals surface area contributed by atoms with Gasteiger partial charge in [0.15, 0.2) is 5.82 Å². The van der Waals surface area contributed by atoms with E-state index in [1.165, 1.54) is 0 Å². The molecule has 0 bridgehead atoms. The number of rotatable bonds is 2. The first-order valence-electron chi connectivity index (χ1n) is 5.65. The first kappa shape index (κ1) is 12.6. The van der Waals surface area contributed by atoms with Crippen molar-refractivity contribution in [1.82, 2.24) is 5.32 Å². The van der Waals surface area contributed by atoms with Gasteiger partial charge >= 0.3 is 0 Å². The molecule has 1 aliphatic heterocycles. The maximum absolute atomic E-state index is 13.7. The summed E-state index contributed by atoms with van der Waals surface area (Å²) in [5.41, 5.74) is -0.0142. The van der Waals surface area contributed by atoms with Gasteiger partial charge in [0, 0.05) is 11.6 Å². The van der Waals surface area contributed by atoms with Crippen LogP contribution in [-0.2, 0) is 6.42 Å². The first-order valence-corrected chi connectivity index (χ1v) is 6.03. The fourth-order valence-electron chi connectivity index (χ4n) is 2.18. The molecule has 0 aliphatic carbocycles. The van der Waals surface area contributed by atoms with Crippen LogP contribution in [0.5, 0.6) is 5.75 Å². The Kier molecular flexibility index (Phi) is 3.84. The summed E-state index contributed by atoms with van der Waals surface area (Å²) in [6.07, 6.45) is 2.13. The minimum absolute atomic E-state index is 0.0142. The van der Waals surface area contributed by atoms with Gasteiger partial charge in [-0.05, 0) is 38.3 Å². The topological polar surface area (TPSA) is 32.3 Å². The van der Waals surface area contributed by atoms with Crippen LogP contribution in [0.15, 0.2) is 6.07 Å². The predicted molar refractivity (Wildman–Crippen MR) is 62.3 cm³/mol. The van der Waals surface area contributed by atoms with Crippen molar-refractivity contribution in [2.75, 3.05) is 13.1 Å². The minimum atomic E-state index is -0.831. The van der Waals surface area contributed by atoms with Crippen molar-refractivity contribution >= 4 is 11.6 Å². The molecule has 0 amide bonds. The van der Waals surface area contributed by atoms with Crippen molar-refractivity contribution in [3.8, 4) is 5.75 Å². The van der Waals surface area contributed by atoms with E-state index in [9.17, 15) is 13.9 Å². The lowest BCUT2D eigenvalue weighted by Gasteiger charge is -2.23. The quantitative estimate of drug-likeness (QED) is 0.803. The first-order chi connectivity index (χ1) is 8.09. The van der Waals surface area contributed by atoms with Crippen molar-refractivity contribution in [3.63, 3.8) is 0 Å². The number of nitrogens with one attached hydrogen (secondary N) is 1. The summed E-state index contributed by atoms with van der Waals surface area (Å²) in [6, 6.07) is 0.877. The van der Waals surface area contributed by atoms with Crippen molar-refractivity contribution < 1.29 is 13.9 Å². The summed E-state index contributed by atoms with van der Waals surface area (Å²) < 4.78 is 27.3. The summed E-state index contributed by atoms with van der Waals surface area (Å²) >= 11 is 5.57. The lowest BCUT2D eigenvalue weighted by molar-refractivity contribution is 0.362. The van der Waals surface area contributed by atoms with Gasteiger partial charge in [-0.1, -0.05) is 11.6 Å². The van der Waals surface area contributed by atoms with E-state index < -0.39 is 22.4 Å². The van der Waals surface area contributed by atoms with Crippen LogP contribution in [0.4, 0.5) is 8.78 Å². The summed E-state index contributed by atoms with van der Waals surface area (Å²) in [5, 5.41) is 12.0. The van der Waals surface area contributed by atoms with Gasteiger partial charge in [-0.15, -0.1) is 0 Å². The van der Waals surface area contributed by atoms with Crippen molar-refractivity contribution in [2.45, 2.75) is 19.3 Å². The van der Waals surface area contributed by atoms with Gasteiger partial charge in [-0.3, -0.25) is 0 Å². The lowest BCUT2D eigenvalue weighted by Crippen LogP contribution is -2.29. The Bertz CT molecular complexity index is 419. The van der Waals surface area contributed by atoms with E-state index in [1.807, 2.05) is 0 Å². The second kappa shape index (κ2) is 5.19. The van der Waals surface area contributed by atoms with Gasteiger partial charge in [0.1, 0.15) is 16.6 Å². The molecule has 1 heterocycles. The van der Waals surface area contributed by atoms with E-state index in [-0.39, 0.29) is 11.5 Å². The van der Waals surface area contributed by atoms with E-state index >= 15 is 0 Å². The zero-order valence-corrected chi connectivity index (χ0v) is 10.0. The Morgan fingerprint density at radius 2 is 2.00 bits per heavy atom. The fourth-order valence-corrected chi connectivity index (χ4v) is 2.35. The Morgan fingerprint density at radius 3 is 2.65 bits per heavy atom. The number of halogens is 3. The fraction of sp³-hybridized carbons (Fsp3) is 0.500. The Balaban J connectivity index is 2.22. The Hall–Kier alpha value is -0.870. The van der Waals surface area contributed by atoms with Crippen molar-refractivity contribution in [2.24, 2.45) is 5.92 Å². The van der Waals surface area contributed by atoms with E-state index in [1.54, 1.807) is 0 Å². The number of piperidine rings is 1. The zero-order chi connectivity index (χ0) is 12.4. The average Bonchev–Trinajstić information content (AvgIpc) is 2.33. The van der Waals surface area contributed by atoms with Crippen molar-refractivity contribution in [1.29, 1.82) is 0 Å². The molecule has 17 heavy (non-hydrogen) atoms. The van der Waals surface area contributed by atoms with Crippen LogP contribution >= 0.6 is 11.6 Å². The van der Waals surface area contributed by atoms with Crippen LogP contribution < -0.4 is 5.32 Å². The lowest BCUT2D eigenvalue weighted by atomic mass is 9.90. The van der Waals surface area contributed by atoms with E-state index in [4.69, 9.17) is 11.6 Å². The molecule has 94 valence electrons. The van der Waals surface area contributed by atoms with Crippen LogP contribution in [0.1, 0.15) is 18.4 Å². The van der Waals surface area contributed by atoms with Gasteiger partial charge in [-0.25, -0.2) is 8.78 Å². The highest BCUT2D eigenvalue weighted by molar-refractivity contribution is 6.32. The number of benzene rings is 1. The normalized spacial score (nSPS) is 17.4. The van der Waals surface area contributed by atoms with Crippen LogP contribution in [0.25, 0.3) is 0 Å². The highest BCUT2D eigenvalue weighted by Crippen LogP contribution is 2.32. The Morgan fingerprint density at radius 1 is 1.35 bits per heavy atom. The Labute approximate surface area is 104 Å². The number of phenols is 1. The molecule has 1 fully saturated rings. The average molecular weight is 262 g/mol. The molecule has 0 saturated carbocycles. The standard InChI is InChI=1S/C12H14ClF2NO/c13-11-10(17)6-9(14)8(12(11)15)5-7-1-3-16-4-2-7/h6-7,16-17H,1-5H2. The third-order valence-electron chi connectivity index (χ3n) is 3.19. The van der Waals surface area contributed by atoms with Crippen LogP contribution in [0, 0.1) is 17.6 Å². The molecule has 2 rings (SSSR count). The number of hydrogen-bond acceptors (Lipinski definition) is 2. The SMILES string of the molecule is Oc1cc(F)c(CC2CCNCC2)c(F)c1Cl. The molecule has 0 aromatic heterocycles. The molecule has 1 aromatic rings. The highest BCUT2D eigenvalue weighted by Gasteiger charge is 2.21. The highest BCUT2D eigenvalue weighted by atomic mass is 35.5. The molecule has 0 unspecified atom stereocenters. The third kappa shape index (κ3) is 2.69. The van der Waals surface area contributed by atoms with Gasteiger partial charge in [0.05, 0.1) is 0 Å². The van der Waals surface area contributed by atoms with E-state index in [0.717, 1.165) is 32.0 Å². The molecule has 1 saturated heterocycles. The number of phenolic OH excluding ortho intramolecular Hbond substituents is 1. The van der Waals surface area contributed by atoms with E-state index in [2.05, 4.69) is 5.32 Å². The molecule has 2 nitrogen and oxygen atoms in total. The molecular formula is C12H14ClF2NO. The zero-order valence-electron chi connectivity index (χ0n) is 9.27. The largest absolute Gasteiger partial charge is 0.506 e. The smallest absolute Gasteiger partial charge is 0.151 e. The molecule has 5 heteroatoms. The maximum atomic E-state index is 13.7. The molecule has 1 aromatic carbocycles. The molecular weight excluding hydrogens is 248 g/mol. The summed E-state index contributed by atoms with van der Waals surface area (Å²) in [7, 11) is 0.